The lowest BCUT2D eigenvalue weighted by Crippen LogP contribution is -2.02. The second kappa shape index (κ2) is 14.8. The number of unbranched alkanes of at least 4 members (excludes halogenated alkanes) is 3. The standard InChI is InChI=1S/C33H45NO3/c1-4-5-12-27(28-20-18-26(19-21-28)23-25(2)3)13-7-6-8-16-32(35)30-24-34(22-11-17-33(36)37)31-15-10-9-14-29(30)31/h9-10,14-15,18-21,24-25,27H,4-8,11-13,16-17,22-23H2,1-3H3,(H,36,37). The Bertz CT molecular complexity index is 1130. The number of carboxylic acid groups (broad SMARTS) is 1. The Labute approximate surface area is 223 Å². The number of ketones is 1. The van der Waals surface area contributed by atoms with Crippen LogP contribution < -0.4 is 0 Å². The molecule has 0 aliphatic rings. The van der Waals surface area contributed by atoms with Crippen molar-refractivity contribution in [1.82, 2.24) is 4.57 Å². The number of Topliss-reactive ketones (excluding diaryl/α,β-unsaturated/α-hetero) is 1. The summed E-state index contributed by atoms with van der Waals surface area (Å²) in [6.07, 6.45) is 12.3. The van der Waals surface area contributed by atoms with Crippen LogP contribution in [0.4, 0.5) is 0 Å². The van der Waals surface area contributed by atoms with Crippen molar-refractivity contribution in [2.75, 3.05) is 0 Å². The van der Waals surface area contributed by atoms with E-state index in [4.69, 9.17) is 5.11 Å². The highest BCUT2D eigenvalue weighted by atomic mass is 16.4. The number of carbonyl (C=O) groups is 2. The van der Waals surface area contributed by atoms with Crippen LogP contribution in [0.1, 0.15) is 112 Å². The van der Waals surface area contributed by atoms with Gasteiger partial charge < -0.3 is 9.67 Å². The normalized spacial score (nSPS) is 12.3. The van der Waals surface area contributed by atoms with Crippen LogP contribution in [0, 0.1) is 5.92 Å². The summed E-state index contributed by atoms with van der Waals surface area (Å²) in [6.45, 7) is 7.40. The maximum absolute atomic E-state index is 13.1. The van der Waals surface area contributed by atoms with Crippen molar-refractivity contribution >= 4 is 22.7 Å². The van der Waals surface area contributed by atoms with Crippen molar-refractivity contribution in [1.29, 1.82) is 0 Å². The molecule has 0 amide bonds. The summed E-state index contributed by atoms with van der Waals surface area (Å²) in [6, 6.07) is 17.3. The van der Waals surface area contributed by atoms with Gasteiger partial charge in [-0.3, -0.25) is 9.59 Å². The van der Waals surface area contributed by atoms with Gasteiger partial charge in [0.15, 0.2) is 5.78 Å². The molecular weight excluding hydrogens is 458 g/mol. The number of para-hydroxylation sites is 1. The zero-order chi connectivity index (χ0) is 26.6. The van der Waals surface area contributed by atoms with Gasteiger partial charge >= 0.3 is 5.97 Å². The molecule has 0 spiro atoms. The number of benzene rings is 2. The van der Waals surface area contributed by atoms with Crippen molar-refractivity contribution in [2.24, 2.45) is 5.92 Å². The molecule has 2 aromatic carbocycles. The van der Waals surface area contributed by atoms with Crippen LogP contribution in [-0.2, 0) is 17.8 Å². The van der Waals surface area contributed by atoms with Crippen LogP contribution in [0.15, 0.2) is 54.7 Å². The highest BCUT2D eigenvalue weighted by Gasteiger charge is 2.16. The number of fused-ring (bicyclic) bond motifs is 1. The number of carbonyl (C=O) groups excluding carboxylic acids is 1. The Morgan fingerprint density at radius 1 is 0.865 bits per heavy atom. The van der Waals surface area contributed by atoms with E-state index >= 15 is 0 Å². The first-order valence-corrected chi connectivity index (χ1v) is 14.3. The molecule has 0 aliphatic heterocycles. The highest BCUT2D eigenvalue weighted by Crippen LogP contribution is 2.29. The van der Waals surface area contributed by atoms with Gasteiger partial charge in [-0.1, -0.05) is 88.9 Å². The molecular formula is C33H45NO3. The number of aryl methyl sites for hydroxylation is 1. The lowest BCUT2D eigenvalue weighted by Gasteiger charge is -2.18. The quantitative estimate of drug-likeness (QED) is 0.148. The zero-order valence-electron chi connectivity index (χ0n) is 23.0. The molecule has 1 heterocycles. The second-order valence-electron chi connectivity index (χ2n) is 11.0. The van der Waals surface area contributed by atoms with Gasteiger partial charge in [0.25, 0.3) is 0 Å². The molecule has 1 unspecified atom stereocenters. The van der Waals surface area contributed by atoms with E-state index in [0.717, 1.165) is 42.1 Å². The molecule has 200 valence electrons. The number of hydrogen-bond acceptors (Lipinski definition) is 2. The van der Waals surface area contributed by atoms with Gasteiger partial charge in [0.1, 0.15) is 0 Å². The number of aliphatic carboxylic acids is 1. The summed E-state index contributed by atoms with van der Waals surface area (Å²) in [5.74, 6) is 0.690. The van der Waals surface area contributed by atoms with Crippen LogP contribution in [-0.4, -0.2) is 21.4 Å². The number of carboxylic acids is 1. The van der Waals surface area contributed by atoms with Crippen molar-refractivity contribution in [3.05, 3.63) is 71.4 Å². The zero-order valence-corrected chi connectivity index (χ0v) is 23.0. The number of hydrogen-bond donors (Lipinski definition) is 1. The Morgan fingerprint density at radius 3 is 2.30 bits per heavy atom. The molecule has 0 fully saturated rings. The average molecular weight is 504 g/mol. The van der Waals surface area contributed by atoms with Gasteiger partial charge in [0, 0.05) is 42.0 Å². The highest BCUT2D eigenvalue weighted by molar-refractivity contribution is 6.08. The molecule has 4 heteroatoms. The SMILES string of the molecule is CCCCC(CCCCCC(=O)c1cn(CCCC(=O)O)c2ccccc12)c1ccc(CC(C)C)cc1. The Kier molecular flexibility index (Phi) is 11.4. The molecule has 0 radical (unpaired) electrons. The van der Waals surface area contributed by atoms with Gasteiger partial charge in [-0.2, -0.15) is 0 Å². The molecule has 1 N–H and O–H groups in total. The third kappa shape index (κ3) is 8.87. The van der Waals surface area contributed by atoms with Crippen molar-refractivity contribution in [3.8, 4) is 0 Å². The molecule has 3 rings (SSSR count). The molecule has 0 bridgehead atoms. The van der Waals surface area contributed by atoms with E-state index in [1.54, 1.807) is 0 Å². The fourth-order valence-corrected chi connectivity index (χ4v) is 5.37. The van der Waals surface area contributed by atoms with E-state index in [1.165, 1.54) is 36.8 Å². The molecule has 0 aliphatic carbocycles. The molecule has 3 aromatic rings. The van der Waals surface area contributed by atoms with Crippen LogP contribution in [0.5, 0.6) is 0 Å². The first kappa shape index (κ1) is 28.7. The predicted octanol–water partition coefficient (Wildman–Crippen LogP) is 8.81. The van der Waals surface area contributed by atoms with Gasteiger partial charge in [-0.05, 0) is 61.1 Å². The van der Waals surface area contributed by atoms with E-state index in [1.807, 2.05) is 35.0 Å². The van der Waals surface area contributed by atoms with Gasteiger partial charge in [0.05, 0.1) is 0 Å². The average Bonchev–Trinajstić information content (AvgIpc) is 3.24. The summed E-state index contributed by atoms with van der Waals surface area (Å²) in [7, 11) is 0. The Balaban J connectivity index is 1.52. The van der Waals surface area contributed by atoms with E-state index in [2.05, 4.69) is 45.0 Å². The minimum Gasteiger partial charge on any atom is -0.481 e. The minimum atomic E-state index is -0.784. The lowest BCUT2D eigenvalue weighted by atomic mass is 9.87. The van der Waals surface area contributed by atoms with Gasteiger partial charge in [0.2, 0.25) is 0 Å². The third-order valence-corrected chi connectivity index (χ3v) is 7.34. The van der Waals surface area contributed by atoms with Crippen molar-refractivity contribution in [2.45, 2.75) is 104 Å². The fourth-order valence-electron chi connectivity index (χ4n) is 5.37. The van der Waals surface area contributed by atoms with Crippen LogP contribution in [0.25, 0.3) is 10.9 Å². The number of aromatic nitrogens is 1. The van der Waals surface area contributed by atoms with Crippen LogP contribution >= 0.6 is 0 Å². The van der Waals surface area contributed by atoms with Crippen LogP contribution in [0.3, 0.4) is 0 Å². The largest absolute Gasteiger partial charge is 0.481 e. The number of nitrogens with zero attached hydrogens (tertiary/aromatic N) is 1. The molecule has 1 aromatic heterocycles. The van der Waals surface area contributed by atoms with Crippen LogP contribution in [0.2, 0.25) is 0 Å². The van der Waals surface area contributed by atoms with Gasteiger partial charge in [-0.25, -0.2) is 0 Å². The summed E-state index contributed by atoms with van der Waals surface area (Å²) in [5.41, 5.74) is 4.67. The molecule has 0 saturated carbocycles. The first-order chi connectivity index (χ1) is 17.9. The molecule has 4 nitrogen and oxygen atoms in total. The summed E-state index contributed by atoms with van der Waals surface area (Å²) in [4.78, 5) is 24.0. The lowest BCUT2D eigenvalue weighted by molar-refractivity contribution is -0.137. The molecule has 37 heavy (non-hydrogen) atoms. The fraction of sp³-hybridized carbons (Fsp3) is 0.515. The van der Waals surface area contributed by atoms with E-state index < -0.39 is 5.97 Å². The summed E-state index contributed by atoms with van der Waals surface area (Å²) < 4.78 is 2.04. The number of rotatable bonds is 17. The predicted molar refractivity (Wildman–Crippen MR) is 153 cm³/mol. The molecule has 0 saturated heterocycles. The van der Waals surface area contributed by atoms with Crippen molar-refractivity contribution in [3.63, 3.8) is 0 Å². The van der Waals surface area contributed by atoms with Crippen molar-refractivity contribution < 1.29 is 14.7 Å². The Hall–Kier alpha value is -2.88. The molecule has 1 atom stereocenters. The van der Waals surface area contributed by atoms with E-state index in [9.17, 15) is 9.59 Å². The topological polar surface area (TPSA) is 59.3 Å². The first-order valence-electron chi connectivity index (χ1n) is 14.3. The van der Waals surface area contributed by atoms with E-state index in [0.29, 0.717) is 31.2 Å². The second-order valence-corrected chi connectivity index (χ2v) is 11.0. The van der Waals surface area contributed by atoms with E-state index in [-0.39, 0.29) is 12.2 Å². The third-order valence-electron chi connectivity index (χ3n) is 7.34. The Morgan fingerprint density at radius 2 is 1.59 bits per heavy atom. The monoisotopic (exact) mass is 503 g/mol. The minimum absolute atomic E-state index is 0.136. The van der Waals surface area contributed by atoms with Gasteiger partial charge in [-0.15, -0.1) is 0 Å². The summed E-state index contributed by atoms with van der Waals surface area (Å²) >= 11 is 0. The smallest absolute Gasteiger partial charge is 0.303 e. The maximum atomic E-state index is 13.1. The summed E-state index contributed by atoms with van der Waals surface area (Å²) in [5, 5.41) is 9.93. The maximum Gasteiger partial charge on any atom is 0.303 e.